The van der Waals surface area contributed by atoms with Crippen LogP contribution in [0.2, 0.25) is 0 Å². The Morgan fingerprint density at radius 1 is 0.865 bits per heavy atom. The normalized spacial score (nSPS) is 11.2. The number of amides is 1. The van der Waals surface area contributed by atoms with Crippen molar-refractivity contribution < 1.29 is 28.5 Å². The summed E-state index contributed by atoms with van der Waals surface area (Å²) >= 11 is 0. The number of carbonyl (C=O) groups excluding carboxylic acids is 2. The molecule has 0 radical (unpaired) electrons. The van der Waals surface area contributed by atoms with E-state index < -0.39 is 12.2 Å². The lowest BCUT2D eigenvalue weighted by atomic mass is 10.1. The van der Waals surface area contributed by atoms with Crippen molar-refractivity contribution in [2.45, 2.75) is 12.5 Å². The van der Waals surface area contributed by atoms with Crippen LogP contribution in [0.25, 0.3) is 12.2 Å². The highest BCUT2D eigenvalue weighted by Crippen LogP contribution is 2.24. The maximum atomic E-state index is 12.1. The molecular formula is C28H31ClN2O6. The topological polar surface area (TPSA) is 109 Å². The van der Waals surface area contributed by atoms with Gasteiger partial charge in [-0.25, -0.2) is 4.79 Å². The van der Waals surface area contributed by atoms with Crippen LogP contribution < -0.4 is 25.3 Å². The predicted octanol–water partition coefficient (Wildman–Crippen LogP) is 4.50. The first-order valence-corrected chi connectivity index (χ1v) is 11.4. The molecule has 3 N–H and O–H groups in total. The fourth-order valence-electron chi connectivity index (χ4n) is 3.29. The molecule has 0 aliphatic heterocycles. The summed E-state index contributed by atoms with van der Waals surface area (Å²) in [5, 5.41) is 2.65. The van der Waals surface area contributed by atoms with Crippen molar-refractivity contribution in [2.75, 3.05) is 27.4 Å². The Morgan fingerprint density at radius 3 is 2.11 bits per heavy atom. The van der Waals surface area contributed by atoms with E-state index in [0.717, 1.165) is 16.7 Å². The quantitative estimate of drug-likeness (QED) is 0.164. The lowest BCUT2D eigenvalue weighted by Crippen LogP contribution is -2.43. The summed E-state index contributed by atoms with van der Waals surface area (Å²) in [7, 11) is 3.20. The minimum absolute atomic E-state index is 0. The molecule has 3 aromatic rings. The van der Waals surface area contributed by atoms with Gasteiger partial charge < -0.3 is 30.0 Å². The first kappa shape index (κ1) is 29.2. The summed E-state index contributed by atoms with van der Waals surface area (Å²) in [6, 6.07) is 21.4. The van der Waals surface area contributed by atoms with Crippen molar-refractivity contribution >= 4 is 36.6 Å². The van der Waals surface area contributed by atoms with Gasteiger partial charge in [-0.2, -0.15) is 0 Å². The third-order valence-electron chi connectivity index (χ3n) is 5.18. The Bertz CT molecular complexity index is 1150. The number of hydrogen-bond acceptors (Lipinski definition) is 7. The number of nitrogens with one attached hydrogen (secondary N) is 1. The molecule has 0 aliphatic carbocycles. The molecule has 1 atom stereocenters. The zero-order valence-corrected chi connectivity index (χ0v) is 21.5. The van der Waals surface area contributed by atoms with E-state index in [1.54, 1.807) is 32.4 Å². The summed E-state index contributed by atoms with van der Waals surface area (Å²) in [4.78, 5) is 24.0. The van der Waals surface area contributed by atoms with E-state index >= 15 is 0 Å². The molecule has 0 saturated carbocycles. The van der Waals surface area contributed by atoms with Gasteiger partial charge >= 0.3 is 6.16 Å². The number of benzene rings is 3. The van der Waals surface area contributed by atoms with E-state index in [1.807, 2.05) is 66.7 Å². The molecule has 0 saturated heterocycles. The van der Waals surface area contributed by atoms with Gasteiger partial charge in [-0.3, -0.25) is 4.79 Å². The molecule has 0 fully saturated rings. The van der Waals surface area contributed by atoms with Gasteiger partial charge in [0, 0.05) is 6.07 Å². The van der Waals surface area contributed by atoms with Crippen LogP contribution in [0.4, 0.5) is 4.79 Å². The van der Waals surface area contributed by atoms with Crippen LogP contribution in [0, 0.1) is 0 Å². The molecular weight excluding hydrogens is 496 g/mol. The van der Waals surface area contributed by atoms with Gasteiger partial charge in [0.25, 0.3) is 0 Å². The van der Waals surface area contributed by atoms with Crippen molar-refractivity contribution in [3.05, 3.63) is 89.5 Å². The van der Waals surface area contributed by atoms with Gasteiger partial charge in [-0.1, -0.05) is 54.6 Å². The molecule has 9 heteroatoms. The molecule has 196 valence electrons. The number of carbonyl (C=O) groups is 2. The fraction of sp³-hybridized carbons (Fsp3) is 0.214. The van der Waals surface area contributed by atoms with E-state index in [2.05, 4.69) is 5.32 Å². The van der Waals surface area contributed by atoms with Crippen LogP contribution in [0.5, 0.6) is 17.2 Å². The lowest BCUT2D eigenvalue weighted by molar-refractivity contribution is -0.122. The lowest BCUT2D eigenvalue weighted by Gasteiger charge is -2.12. The number of ether oxygens (including phenoxy) is 4. The van der Waals surface area contributed by atoms with Crippen molar-refractivity contribution in [3.8, 4) is 17.2 Å². The van der Waals surface area contributed by atoms with Crippen molar-refractivity contribution in [2.24, 2.45) is 5.73 Å². The molecule has 3 aromatic carbocycles. The van der Waals surface area contributed by atoms with Crippen LogP contribution >= 0.6 is 12.4 Å². The number of methoxy groups -OCH3 is 2. The Hall–Kier alpha value is -4.01. The van der Waals surface area contributed by atoms with Crippen molar-refractivity contribution in [3.63, 3.8) is 0 Å². The summed E-state index contributed by atoms with van der Waals surface area (Å²) in [5.41, 5.74) is 8.73. The Balaban J connectivity index is 0.00000481. The molecule has 37 heavy (non-hydrogen) atoms. The second-order valence-electron chi connectivity index (χ2n) is 7.84. The summed E-state index contributed by atoms with van der Waals surface area (Å²) in [5.74, 6) is 1.43. The van der Waals surface area contributed by atoms with Crippen molar-refractivity contribution in [1.82, 2.24) is 5.32 Å². The second kappa shape index (κ2) is 15.2. The van der Waals surface area contributed by atoms with Crippen LogP contribution in [-0.4, -0.2) is 45.5 Å². The molecule has 8 nitrogen and oxygen atoms in total. The number of halogens is 1. The molecule has 3 rings (SSSR count). The molecule has 0 aliphatic rings. The monoisotopic (exact) mass is 526 g/mol. The minimum atomic E-state index is -0.857. The van der Waals surface area contributed by atoms with Gasteiger partial charge in [0.2, 0.25) is 5.91 Å². The smallest absolute Gasteiger partial charge is 0.497 e. The average molecular weight is 527 g/mol. The number of hydrogen-bond donors (Lipinski definition) is 2. The van der Waals surface area contributed by atoms with E-state index in [0.29, 0.717) is 23.7 Å². The molecule has 0 bridgehead atoms. The molecule has 0 aromatic heterocycles. The van der Waals surface area contributed by atoms with E-state index in [-0.39, 0.29) is 31.5 Å². The van der Waals surface area contributed by atoms with Gasteiger partial charge in [-0.15, -0.1) is 12.4 Å². The Morgan fingerprint density at radius 2 is 1.49 bits per heavy atom. The summed E-state index contributed by atoms with van der Waals surface area (Å²) < 4.78 is 20.8. The molecule has 0 heterocycles. The van der Waals surface area contributed by atoms with Crippen LogP contribution in [0.1, 0.15) is 16.7 Å². The van der Waals surface area contributed by atoms with Crippen LogP contribution in [-0.2, 0) is 16.0 Å². The SMILES string of the molecule is COc1cc(C=Cc2ccc(OC(=O)OCCNC(=O)C(N)Cc3ccccc3)cc2)cc(OC)c1.Cl. The zero-order valence-electron chi connectivity index (χ0n) is 20.7. The fourth-order valence-corrected chi connectivity index (χ4v) is 3.29. The highest BCUT2D eigenvalue weighted by Gasteiger charge is 2.14. The van der Waals surface area contributed by atoms with Crippen LogP contribution in [0.3, 0.4) is 0 Å². The van der Waals surface area contributed by atoms with E-state index in [4.69, 9.17) is 24.7 Å². The number of nitrogens with two attached hydrogens (primary N) is 1. The Kier molecular flexibility index (Phi) is 12.0. The molecule has 1 amide bonds. The van der Waals surface area contributed by atoms with E-state index in [9.17, 15) is 9.59 Å². The largest absolute Gasteiger partial charge is 0.513 e. The summed E-state index contributed by atoms with van der Waals surface area (Å²) in [6.45, 7) is 0.0999. The average Bonchev–Trinajstić information content (AvgIpc) is 2.90. The van der Waals surface area contributed by atoms with Crippen LogP contribution in [0.15, 0.2) is 72.8 Å². The first-order chi connectivity index (χ1) is 17.5. The van der Waals surface area contributed by atoms with Gasteiger partial charge in [0.1, 0.15) is 23.9 Å². The molecule has 0 spiro atoms. The van der Waals surface area contributed by atoms with Gasteiger partial charge in [-0.05, 0) is 47.4 Å². The van der Waals surface area contributed by atoms with Crippen molar-refractivity contribution in [1.29, 1.82) is 0 Å². The zero-order chi connectivity index (χ0) is 25.8. The maximum Gasteiger partial charge on any atom is 0.513 e. The first-order valence-electron chi connectivity index (χ1n) is 11.4. The summed E-state index contributed by atoms with van der Waals surface area (Å²) in [6.07, 6.45) is 3.41. The Labute approximate surface area is 222 Å². The maximum absolute atomic E-state index is 12.1. The second-order valence-corrected chi connectivity index (χ2v) is 7.84. The third-order valence-corrected chi connectivity index (χ3v) is 5.18. The number of rotatable bonds is 11. The standard InChI is InChI=1S/C28H30N2O6.ClH/c1-33-24-16-22(17-25(19-24)34-2)9-8-20-10-12-23(13-11-20)36-28(32)35-15-14-30-27(31)26(29)18-21-6-4-3-5-7-21;/h3-13,16-17,19,26H,14-15,18,29H2,1-2H3,(H,30,31);1H. The minimum Gasteiger partial charge on any atom is -0.497 e. The highest BCUT2D eigenvalue weighted by atomic mass is 35.5. The highest BCUT2D eigenvalue weighted by molar-refractivity contribution is 5.85. The third kappa shape index (κ3) is 9.87. The van der Waals surface area contributed by atoms with Gasteiger partial charge in [0.05, 0.1) is 26.8 Å². The molecule has 1 unspecified atom stereocenters. The van der Waals surface area contributed by atoms with E-state index in [1.165, 1.54) is 0 Å². The van der Waals surface area contributed by atoms with Gasteiger partial charge in [0.15, 0.2) is 0 Å². The predicted molar refractivity (Wildman–Crippen MR) is 145 cm³/mol.